The number of thiophene rings is 1. The lowest BCUT2D eigenvalue weighted by molar-refractivity contribution is -0.652. The Kier molecular flexibility index (Phi) is 7.70. The second-order valence-electron chi connectivity index (χ2n) is 15.0. The number of allylic oxidation sites excluding steroid dienone is 1. The summed E-state index contributed by atoms with van der Waals surface area (Å²) in [7, 11) is 0. The van der Waals surface area contributed by atoms with Gasteiger partial charge in [0.25, 0.3) is 5.82 Å². The molecule has 2 unspecified atom stereocenters. The molecule has 5 aromatic carbocycles. The highest BCUT2D eigenvalue weighted by Gasteiger charge is 2.38. The van der Waals surface area contributed by atoms with E-state index in [-0.39, 0.29) is 12.0 Å². The molecule has 252 valence electrons. The van der Waals surface area contributed by atoms with Gasteiger partial charge in [0.2, 0.25) is 0 Å². The third kappa shape index (κ3) is 4.98. The highest BCUT2D eigenvalue weighted by Crippen LogP contribution is 2.44. The summed E-state index contributed by atoms with van der Waals surface area (Å²) in [6.45, 7) is 19.0. The Morgan fingerprint density at radius 1 is 0.804 bits per heavy atom. The van der Waals surface area contributed by atoms with Crippen molar-refractivity contribution in [3.05, 3.63) is 156 Å². The van der Waals surface area contributed by atoms with E-state index in [2.05, 4.69) is 147 Å². The van der Waals surface area contributed by atoms with Crippen LogP contribution in [0.5, 0.6) is 0 Å². The van der Waals surface area contributed by atoms with Gasteiger partial charge in [0.1, 0.15) is 12.2 Å². The Balaban J connectivity index is 1.41. The predicted octanol–water partition coefficient (Wildman–Crippen LogP) is 11.8. The molecular formula is C47H44N3S+. The van der Waals surface area contributed by atoms with Crippen LogP contribution in [0.1, 0.15) is 79.7 Å². The van der Waals surface area contributed by atoms with E-state index in [9.17, 15) is 0 Å². The summed E-state index contributed by atoms with van der Waals surface area (Å²) in [5.41, 5.74) is 13.8. The minimum absolute atomic E-state index is 0.0425. The number of aliphatic imine (C=N–C) groups is 1. The van der Waals surface area contributed by atoms with Crippen molar-refractivity contribution in [1.82, 2.24) is 4.57 Å². The summed E-state index contributed by atoms with van der Waals surface area (Å²) in [5.74, 6) is 2.16. The summed E-state index contributed by atoms with van der Waals surface area (Å²) in [4.78, 5) is 5.43. The van der Waals surface area contributed by atoms with Crippen molar-refractivity contribution in [2.45, 2.75) is 70.9 Å². The number of imidazole rings is 1. The quantitative estimate of drug-likeness (QED) is 0.130. The number of para-hydroxylation sites is 3. The molecule has 0 N–H and O–H groups in total. The Labute approximate surface area is 304 Å². The molecule has 2 aliphatic heterocycles. The number of hydrogen-bond acceptors (Lipinski definition) is 2. The zero-order valence-corrected chi connectivity index (χ0v) is 30.8. The Bertz CT molecular complexity index is 2550. The molecule has 2 atom stereocenters. The fraction of sp³-hybridized carbons (Fsp3) is 0.234. The first kappa shape index (κ1) is 31.9. The van der Waals surface area contributed by atoms with Crippen LogP contribution in [0.2, 0.25) is 0 Å². The second-order valence-corrected chi connectivity index (χ2v) is 16.1. The van der Waals surface area contributed by atoms with E-state index in [1.54, 1.807) is 0 Å². The largest absolute Gasteiger partial charge is 0.295 e. The third-order valence-electron chi connectivity index (χ3n) is 11.3. The average Bonchev–Trinajstić information content (AvgIpc) is 3.67. The van der Waals surface area contributed by atoms with Gasteiger partial charge in [0.15, 0.2) is 11.0 Å². The fourth-order valence-corrected chi connectivity index (χ4v) is 10.0. The van der Waals surface area contributed by atoms with Gasteiger partial charge in [0.05, 0.1) is 17.3 Å². The van der Waals surface area contributed by atoms with Crippen molar-refractivity contribution in [3.8, 4) is 17.1 Å². The van der Waals surface area contributed by atoms with Crippen LogP contribution in [0.15, 0.2) is 133 Å². The van der Waals surface area contributed by atoms with E-state index in [0.29, 0.717) is 18.4 Å². The van der Waals surface area contributed by atoms with Crippen molar-refractivity contribution < 1.29 is 4.57 Å². The van der Waals surface area contributed by atoms with Gasteiger partial charge in [-0.2, -0.15) is 4.57 Å². The van der Waals surface area contributed by atoms with Crippen molar-refractivity contribution in [3.63, 3.8) is 0 Å². The molecule has 2 aliphatic rings. The van der Waals surface area contributed by atoms with Crippen molar-refractivity contribution in [2.75, 3.05) is 0 Å². The molecule has 0 bridgehead atoms. The molecule has 3 nitrogen and oxygen atoms in total. The van der Waals surface area contributed by atoms with Crippen molar-refractivity contribution in [2.24, 2.45) is 4.99 Å². The maximum Gasteiger partial charge on any atom is 0.295 e. The van der Waals surface area contributed by atoms with Gasteiger partial charge in [-0.1, -0.05) is 114 Å². The SMILES string of the molecule is C=CC1=NC2C(=C)C[n+]3c(n(-c4c(C(C)C)cccc4C(C)C)c4ccccc43)-c3cc4c(cc3CCC2c2ccccc21)sc1ccccc14. The first-order valence-corrected chi connectivity index (χ1v) is 19.2. The summed E-state index contributed by atoms with van der Waals surface area (Å²) in [5, 5.41) is 2.66. The van der Waals surface area contributed by atoms with E-state index in [1.807, 2.05) is 17.4 Å². The minimum Gasteiger partial charge on any atom is -0.276 e. The number of rotatable bonds is 4. The first-order chi connectivity index (χ1) is 24.8. The van der Waals surface area contributed by atoms with Crippen LogP contribution in [0, 0.1) is 0 Å². The van der Waals surface area contributed by atoms with Crippen LogP contribution >= 0.6 is 11.3 Å². The standard InChI is InChI=1S/C47H44N3S/c1-7-40-35-16-9-8-15-34(35)37-24-23-31-25-44-39(36-17-10-13-22-43(36)51-44)26-38(31)47-49(27-30(6)45(37)48-40)41-20-11-12-21-42(41)50(47)46-32(28(2)3)18-14-19-33(46)29(4)5/h7-22,25-26,28-29,37,45H,1,6,23-24,27H2,2-5H3/q+1. The molecule has 4 heterocycles. The molecule has 0 saturated carbocycles. The van der Waals surface area contributed by atoms with Gasteiger partial charge >= 0.3 is 0 Å². The smallest absolute Gasteiger partial charge is 0.276 e. The number of aryl methyl sites for hydroxylation is 1. The topological polar surface area (TPSA) is 21.2 Å². The molecule has 0 saturated heterocycles. The highest BCUT2D eigenvalue weighted by atomic mass is 32.1. The lowest BCUT2D eigenvalue weighted by Gasteiger charge is -2.33. The van der Waals surface area contributed by atoms with Crippen molar-refractivity contribution in [1.29, 1.82) is 0 Å². The van der Waals surface area contributed by atoms with E-state index in [4.69, 9.17) is 11.6 Å². The van der Waals surface area contributed by atoms with E-state index >= 15 is 0 Å². The summed E-state index contributed by atoms with van der Waals surface area (Å²) >= 11 is 1.91. The predicted molar refractivity (Wildman–Crippen MR) is 217 cm³/mol. The number of fused-ring (bicyclic) bond motifs is 11. The van der Waals surface area contributed by atoms with E-state index in [0.717, 1.165) is 24.1 Å². The lowest BCUT2D eigenvalue weighted by atomic mass is 9.77. The highest BCUT2D eigenvalue weighted by molar-refractivity contribution is 7.25. The summed E-state index contributed by atoms with van der Waals surface area (Å²) in [6, 6.07) is 38.6. The number of aromatic nitrogens is 2. The molecular weight excluding hydrogens is 639 g/mol. The lowest BCUT2D eigenvalue weighted by Crippen LogP contribution is -2.41. The number of nitrogens with zero attached hydrogens (tertiary/aromatic N) is 3. The molecule has 7 aromatic rings. The Morgan fingerprint density at radius 2 is 1.53 bits per heavy atom. The van der Waals surface area contributed by atoms with Gasteiger partial charge in [-0.05, 0) is 77.8 Å². The average molecular weight is 683 g/mol. The fourth-order valence-electron chi connectivity index (χ4n) is 8.87. The molecule has 0 radical (unpaired) electrons. The molecule has 51 heavy (non-hydrogen) atoms. The first-order valence-electron chi connectivity index (χ1n) is 18.4. The molecule has 4 heteroatoms. The number of hydrogen-bond donors (Lipinski definition) is 0. The zero-order valence-electron chi connectivity index (χ0n) is 30.0. The summed E-state index contributed by atoms with van der Waals surface area (Å²) in [6.07, 6.45) is 3.85. The van der Waals surface area contributed by atoms with Crippen LogP contribution in [0.25, 0.3) is 48.3 Å². The van der Waals surface area contributed by atoms with Gasteiger partial charge in [-0.15, -0.1) is 11.3 Å². The van der Waals surface area contributed by atoms with Gasteiger partial charge < -0.3 is 0 Å². The zero-order chi connectivity index (χ0) is 35.0. The monoisotopic (exact) mass is 682 g/mol. The van der Waals surface area contributed by atoms with Crippen LogP contribution < -0.4 is 4.57 Å². The van der Waals surface area contributed by atoms with Crippen LogP contribution in [-0.4, -0.2) is 16.3 Å². The van der Waals surface area contributed by atoms with Crippen LogP contribution in [-0.2, 0) is 13.0 Å². The normalized spacial score (nSPS) is 17.4. The minimum atomic E-state index is -0.0425. The molecule has 2 aromatic heterocycles. The van der Waals surface area contributed by atoms with Gasteiger partial charge in [-0.25, -0.2) is 4.57 Å². The Hall–Kier alpha value is -5.06. The third-order valence-corrected chi connectivity index (χ3v) is 12.4. The molecule has 0 amide bonds. The van der Waals surface area contributed by atoms with E-state index in [1.165, 1.54) is 76.1 Å². The Morgan fingerprint density at radius 3 is 2.31 bits per heavy atom. The second kappa shape index (κ2) is 12.3. The molecule has 0 spiro atoms. The summed E-state index contributed by atoms with van der Waals surface area (Å²) < 4.78 is 7.86. The van der Waals surface area contributed by atoms with Crippen LogP contribution in [0.4, 0.5) is 0 Å². The van der Waals surface area contributed by atoms with Crippen molar-refractivity contribution >= 4 is 48.3 Å². The molecule has 0 aliphatic carbocycles. The van der Waals surface area contributed by atoms with Gasteiger partial charge in [0, 0.05) is 42.8 Å². The van der Waals surface area contributed by atoms with Gasteiger partial charge in [-0.3, -0.25) is 4.99 Å². The maximum atomic E-state index is 5.43. The maximum absolute atomic E-state index is 5.43. The number of benzene rings is 5. The molecule has 9 rings (SSSR count). The van der Waals surface area contributed by atoms with E-state index < -0.39 is 0 Å². The molecule has 0 fully saturated rings. The van der Waals surface area contributed by atoms with Crippen LogP contribution in [0.3, 0.4) is 0 Å².